The molecule has 1 atom stereocenters. The Hall–Kier alpha value is -3.52. The molecule has 0 saturated carbocycles. The summed E-state index contributed by atoms with van der Waals surface area (Å²) in [5.74, 6) is -0.295. The zero-order chi connectivity index (χ0) is 24.1. The second kappa shape index (κ2) is 10.4. The molecule has 2 aromatic rings. The number of rotatable bonds is 9. The van der Waals surface area contributed by atoms with Crippen LogP contribution < -0.4 is 14.2 Å². The molecule has 0 aliphatic carbocycles. The molecule has 0 radical (unpaired) electrons. The third-order valence-electron chi connectivity index (χ3n) is 5.28. The third-order valence-corrected chi connectivity index (χ3v) is 5.28. The van der Waals surface area contributed by atoms with Crippen LogP contribution in [-0.4, -0.2) is 62.3 Å². The average Bonchev–Trinajstić information content (AvgIpc) is 3.06. The van der Waals surface area contributed by atoms with Gasteiger partial charge in [0.15, 0.2) is 11.5 Å². The Balaban J connectivity index is 2.17. The first-order chi connectivity index (χ1) is 15.8. The van der Waals surface area contributed by atoms with Crippen LogP contribution in [0.4, 0.5) is 0 Å². The molecule has 33 heavy (non-hydrogen) atoms. The Bertz CT molecular complexity index is 1060. The quantitative estimate of drug-likeness (QED) is 0.351. The Morgan fingerprint density at radius 1 is 1.03 bits per heavy atom. The summed E-state index contributed by atoms with van der Waals surface area (Å²) in [6, 6.07) is 11.2. The molecular formula is C25H29NO7. The van der Waals surface area contributed by atoms with Crippen LogP contribution in [0.2, 0.25) is 0 Å². The van der Waals surface area contributed by atoms with E-state index in [9.17, 15) is 14.7 Å². The Morgan fingerprint density at radius 3 is 2.39 bits per heavy atom. The molecule has 3 rings (SSSR count). The number of benzene rings is 2. The minimum atomic E-state index is -0.802. The molecule has 1 N–H and O–H groups in total. The highest BCUT2D eigenvalue weighted by atomic mass is 16.5. The van der Waals surface area contributed by atoms with Gasteiger partial charge in [-0.05, 0) is 49.7 Å². The molecule has 1 aliphatic heterocycles. The van der Waals surface area contributed by atoms with Crippen LogP contribution in [0.5, 0.6) is 17.2 Å². The molecule has 1 amide bonds. The molecule has 1 saturated heterocycles. The SMILES string of the molecule is COCCN1C(=O)C(=O)/C(=C(/O)c2ccc(OC)c(OC)c2)C1c1cccc(OC(C)C)c1. The molecule has 1 unspecified atom stereocenters. The monoisotopic (exact) mass is 455 g/mol. The second-order valence-corrected chi connectivity index (χ2v) is 7.79. The summed E-state index contributed by atoms with van der Waals surface area (Å²) in [5.41, 5.74) is 0.965. The Kier molecular flexibility index (Phi) is 7.60. The summed E-state index contributed by atoms with van der Waals surface area (Å²) in [7, 11) is 4.50. The van der Waals surface area contributed by atoms with Crippen LogP contribution in [-0.2, 0) is 14.3 Å². The number of carbonyl (C=O) groups excluding carboxylic acids is 2. The molecule has 176 valence electrons. The van der Waals surface area contributed by atoms with Crippen molar-refractivity contribution in [2.45, 2.75) is 26.0 Å². The first-order valence-electron chi connectivity index (χ1n) is 10.6. The van der Waals surface area contributed by atoms with Crippen molar-refractivity contribution in [2.24, 2.45) is 0 Å². The number of hydrogen-bond donors (Lipinski definition) is 1. The third kappa shape index (κ3) is 4.96. The molecule has 0 aromatic heterocycles. The van der Waals surface area contributed by atoms with Crippen LogP contribution >= 0.6 is 0 Å². The van der Waals surface area contributed by atoms with Gasteiger partial charge in [0.2, 0.25) is 0 Å². The highest BCUT2D eigenvalue weighted by molar-refractivity contribution is 6.46. The van der Waals surface area contributed by atoms with Gasteiger partial charge in [-0.15, -0.1) is 0 Å². The standard InChI is InChI=1S/C25H29NO7/c1-15(2)33-18-8-6-7-16(13-18)22-21(24(28)25(29)26(22)11-12-30-3)23(27)17-9-10-19(31-4)20(14-17)32-5/h6-10,13-15,22,27H,11-12H2,1-5H3/b23-21+. The summed E-state index contributed by atoms with van der Waals surface area (Å²) in [4.78, 5) is 27.4. The summed E-state index contributed by atoms with van der Waals surface area (Å²) >= 11 is 0. The molecule has 2 aromatic carbocycles. The predicted molar refractivity (Wildman–Crippen MR) is 123 cm³/mol. The normalized spacial score (nSPS) is 17.5. The zero-order valence-corrected chi connectivity index (χ0v) is 19.5. The van der Waals surface area contributed by atoms with Crippen LogP contribution in [0, 0.1) is 0 Å². The highest BCUT2D eigenvalue weighted by Gasteiger charge is 2.46. The Morgan fingerprint density at radius 2 is 1.76 bits per heavy atom. The van der Waals surface area contributed by atoms with E-state index in [4.69, 9.17) is 18.9 Å². The lowest BCUT2D eigenvalue weighted by Crippen LogP contribution is -2.32. The maximum absolute atomic E-state index is 13.1. The molecule has 0 bridgehead atoms. The van der Waals surface area contributed by atoms with E-state index in [1.165, 1.54) is 26.2 Å². The fourth-order valence-electron chi connectivity index (χ4n) is 3.82. The lowest BCUT2D eigenvalue weighted by molar-refractivity contribution is -0.140. The number of Topliss-reactive ketones (excluding diaryl/α,β-unsaturated/α-hetero) is 1. The van der Waals surface area contributed by atoms with Gasteiger partial charge in [-0.1, -0.05) is 12.1 Å². The number of amides is 1. The minimum absolute atomic E-state index is 0.00924. The zero-order valence-electron chi connectivity index (χ0n) is 19.5. The molecular weight excluding hydrogens is 426 g/mol. The van der Waals surface area contributed by atoms with Crippen molar-refractivity contribution in [3.63, 3.8) is 0 Å². The highest BCUT2D eigenvalue weighted by Crippen LogP contribution is 2.41. The molecule has 0 spiro atoms. The summed E-state index contributed by atoms with van der Waals surface area (Å²) < 4.78 is 21.5. The largest absolute Gasteiger partial charge is 0.507 e. The summed E-state index contributed by atoms with van der Waals surface area (Å²) in [5, 5.41) is 11.2. The van der Waals surface area contributed by atoms with E-state index >= 15 is 0 Å². The molecule has 1 heterocycles. The summed E-state index contributed by atoms with van der Waals surface area (Å²) in [6.45, 7) is 4.24. The maximum Gasteiger partial charge on any atom is 0.295 e. The lowest BCUT2D eigenvalue weighted by atomic mass is 9.95. The van der Waals surface area contributed by atoms with Crippen molar-refractivity contribution in [3.05, 3.63) is 59.2 Å². The van der Waals surface area contributed by atoms with Crippen molar-refractivity contribution in [2.75, 3.05) is 34.5 Å². The van der Waals surface area contributed by atoms with Crippen LogP contribution in [0.15, 0.2) is 48.0 Å². The number of nitrogens with zero attached hydrogens (tertiary/aromatic N) is 1. The van der Waals surface area contributed by atoms with E-state index in [0.717, 1.165) is 0 Å². The fourth-order valence-corrected chi connectivity index (χ4v) is 3.82. The molecule has 1 fully saturated rings. The van der Waals surface area contributed by atoms with Gasteiger partial charge >= 0.3 is 0 Å². The van der Waals surface area contributed by atoms with Crippen molar-refractivity contribution < 1.29 is 33.6 Å². The van der Waals surface area contributed by atoms with Crippen LogP contribution in [0.25, 0.3) is 5.76 Å². The van der Waals surface area contributed by atoms with E-state index in [1.54, 1.807) is 42.5 Å². The summed E-state index contributed by atoms with van der Waals surface area (Å²) in [6.07, 6.45) is -0.0492. The van der Waals surface area contributed by atoms with Crippen molar-refractivity contribution >= 4 is 17.4 Å². The number of ketones is 1. The number of aliphatic hydroxyl groups is 1. The second-order valence-electron chi connectivity index (χ2n) is 7.79. The van der Waals surface area contributed by atoms with E-state index in [0.29, 0.717) is 28.4 Å². The van der Waals surface area contributed by atoms with Crippen molar-refractivity contribution in [1.29, 1.82) is 0 Å². The minimum Gasteiger partial charge on any atom is -0.507 e. The van der Waals surface area contributed by atoms with Crippen LogP contribution in [0.1, 0.15) is 31.0 Å². The number of hydrogen-bond acceptors (Lipinski definition) is 7. The smallest absolute Gasteiger partial charge is 0.295 e. The van der Waals surface area contributed by atoms with Gasteiger partial charge < -0.3 is 29.0 Å². The fraction of sp³-hybridized carbons (Fsp3) is 0.360. The van der Waals surface area contributed by atoms with Gasteiger partial charge in [0.25, 0.3) is 11.7 Å². The topological polar surface area (TPSA) is 94.5 Å². The van der Waals surface area contributed by atoms with Gasteiger partial charge in [-0.2, -0.15) is 0 Å². The first kappa shape index (κ1) is 24.1. The predicted octanol–water partition coefficient (Wildman–Crippen LogP) is 3.56. The van der Waals surface area contributed by atoms with Crippen molar-refractivity contribution in [1.82, 2.24) is 4.90 Å². The number of methoxy groups -OCH3 is 3. The van der Waals surface area contributed by atoms with E-state index in [1.807, 2.05) is 13.8 Å². The first-order valence-corrected chi connectivity index (χ1v) is 10.6. The van der Waals surface area contributed by atoms with Crippen LogP contribution in [0.3, 0.4) is 0 Å². The van der Waals surface area contributed by atoms with Crippen molar-refractivity contribution in [3.8, 4) is 17.2 Å². The van der Waals surface area contributed by atoms with E-state index < -0.39 is 17.7 Å². The van der Waals surface area contributed by atoms with Gasteiger partial charge in [-0.25, -0.2) is 0 Å². The number of carbonyl (C=O) groups is 2. The van der Waals surface area contributed by atoms with Gasteiger partial charge in [0, 0.05) is 19.2 Å². The number of aliphatic hydroxyl groups excluding tert-OH is 1. The Labute approximate surface area is 193 Å². The van der Waals surface area contributed by atoms with E-state index in [2.05, 4.69) is 0 Å². The number of ether oxygens (including phenoxy) is 4. The average molecular weight is 456 g/mol. The molecule has 1 aliphatic rings. The van der Waals surface area contributed by atoms with Gasteiger partial charge in [0.1, 0.15) is 11.5 Å². The molecule has 8 heteroatoms. The maximum atomic E-state index is 13.1. The van der Waals surface area contributed by atoms with Gasteiger partial charge in [-0.3, -0.25) is 9.59 Å². The number of likely N-dealkylation sites (tertiary alicyclic amines) is 1. The lowest BCUT2D eigenvalue weighted by Gasteiger charge is -2.25. The van der Waals surface area contributed by atoms with Gasteiger partial charge in [0.05, 0.1) is 38.5 Å². The molecule has 8 nitrogen and oxygen atoms in total. The van der Waals surface area contributed by atoms with E-state index in [-0.39, 0.29) is 30.6 Å².